The lowest BCUT2D eigenvalue weighted by Crippen LogP contribution is -2.49. The fourth-order valence-corrected chi connectivity index (χ4v) is 5.11. The highest BCUT2D eigenvalue weighted by Crippen LogP contribution is 2.29. The van der Waals surface area contributed by atoms with Crippen molar-refractivity contribution in [1.82, 2.24) is 19.4 Å². The molecule has 1 atom stereocenters. The van der Waals surface area contributed by atoms with Crippen LogP contribution in [0.5, 0.6) is 0 Å². The number of carbonyl (C=O) groups excluding carboxylic acids is 1. The van der Waals surface area contributed by atoms with Gasteiger partial charge in [-0.25, -0.2) is 4.98 Å². The highest BCUT2D eigenvalue weighted by Gasteiger charge is 2.27. The van der Waals surface area contributed by atoms with Crippen LogP contribution in [-0.4, -0.2) is 51.4 Å². The third-order valence-corrected chi connectivity index (χ3v) is 7.14. The fourth-order valence-electron chi connectivity index (χ4n) is 4.94. The van der Waals surface area contributed by atoms with Gasteiger partial charge < -0.3 is 4.90 Å². The predicted octanol–water partition coefficient (Wildman–Crippen LogP) is 3.76. The van der Waals surface area contributed by atoms with E-state index in [0.717, 1.165) is 44.3 Å². The van der Waals surface area contributed by atoms with E-state index in [1.54, 1.807) is 29.8 Å². The molecule has 0 spiro atoms. The van der Waals surface area contributed by atoms with Gasteiger partial charge in [0.15, 0.2) is 0 Å². The van der Waals surface area contributed by atoms with E-state index in [2.05, 4.69) is 11.8 Å². The first-order valence-corrected chi connectivity index (χ1v) is 11.5. The molecule has 1 aromatic heterocycles. The minimum absolute atomic E-state index is 0.0122. The molecule has 6 nitrogen and oxygen atoms in total. The Morgan fingerprint density at radius 3 is 2.60 bits per heavy atom. The van der Waals surface area contributed by atoms with Gasteiger partial charge in [0.05, 0.1) is 16.9 Å². The summed E-state index contributed by atoms with van der Waals surface area (Å²) in [4.78, 5) is 34.5. The zero-order valence-corrected chi connectivity index (χ0v) is 18.7. The number of piperazine rings is 1. The molecule has 1 saturated carbocycles. The lowest BCUT2D eigenvalue weighted by Gasteiger charge is -2.38. The number of carbonyl (C=O) groups is 1. The van der Waals surface area contributed by atoms with Crippen molar-refractivity contribution in [3.8, 4) is 0 Å². The zero-order valence-electron chi connectivity index (χ0n) is 17.9. The van der Waals surface area contributed by atoms with Crippen LogP contribution < -0.4 is 5.56 Å². The highest BCUT2D eigenvalue weighted by molar-refractivity contribution is 6.31. The van der Waals surface area contributed by atoms with Crippen LogP contribution in [0.3, 0.4) is 0 Å². The largest absolute Gasteiger partial charge is 0.340 e. The summed E-state index contributed by atoms with van der Waals surface area (Å²) < 4.78 is 1.64. The van der Waals surface area contributed by atoms with Crippen LogP contribution in [0.1, 0.15) is 57.3 Å². The minimum atomic E-state index is -0.0563. The van der Waals surface area contributed by atoms with Crippen molar-refractivity contribution in [3.63, 3.8) is 0 Å². The van der Waals surface area contributed by atoms with Gasteiger partial charge in [-0.2, -0.15) is 0 Å². The number of aromatic nitrogens is 2. The first-order valence-electron chi connectivity index (χ1n) is 11.1. The molecule has 1 unspecified atom stereocenters. The number of hydrogen-bond acceptors (Lipinski definition) is 4. The summed E-state index contributed by atoms with van der Waals surface area (Å²) in [5.41, 5.74) is 0.576. The molecule has 2 heterocycles. The number of halogens is 1. The zero-order chi connectivity index (χ0) is 21.3. The summed E-state index contributed by atoms with van der Waals surface area (Å²) in [6, 6.07) is 5.19. The first-order chi connectivity index (χ1) is 14.4. The van der Waals surface area contributed by atoms with Crippen LogP contribution in [0.4, 0.5) is 0 Å². The number of nitrogens with zero attached hydrogens (tertiary/aromatic N) is 4. The monoisotopic (exact) mass is 430 g/mol. The Hall–Kier alpha value is -1.92. The topological polar surface area (TPSA) is 58.4 Å². The molecule has 2 aromatic rings. The van der Waals surface area contributed by atoms with E-state index in [1.165, 1.54) is 25.7 Å². The Bertz CT molecular complexity index is 975. The van der Waals surface area contributed by atoms with Crippen LogP contribution in [0, 0.1) is 5.92 Å². The average molecular weight is 431 g/mol. The molecule has 0 radical (unpaired) electrons. The Balaban J connectivity index is 1.40. The molecule has 1 aliphatic carbocycles. The molecule has 1 amide bonds. The van der Waals surface area contributed by atoms with Crippen LogP contribution in [0.15, 0.2) is 23.0 Å². The van der Waals surface area contributed by atoms with E-state index >= 15 is 0 Å². The molecule has 162 valence electrons. The molecule has 1 aliphatic heterocycles. The quantitative estimate of drug-likeness (QED) is 0.724. The third kappa shape index (κ3) is 4.40. The molecular weight excluding hydrogens is 400 g/mol. The molecule has 4 rings (SSSR count). The van der Waals surface area contributed by atoms with E-state index in [4.69, 9.17) is 16.6 Å². The predicted molar refractivity (Wildman–Crippen MR) is 120 cm³/mol. The van der Waals surface area contributed by atoms with Gasteiger partial charge in [0.2, 0.25) is 5.91 Å². The lowest BCUT2D eigenvalue weighted by molar-refractivity contribution is -0.133. The lowest BCUT2D eigenvalue weighted by atomic mass is 10.0. The summed E-state index contributed by atoms with van der Waals surface area (Å²) in [7, 11) is 1.78. The maximum Gasteiger partial charge on any atom is 0.261 e. The molecular formula is C23H31ClN4O2. The Kier molecular flexibility index (Phi) is 6.44. The van der Waals surface area contributed by atoms with E-state index in [-0.39, 0.29) is 11.6 Å². The van der Waals surface area contributed by atoms with Crippen LogP contribution in [0.2, 0.25) is 5.02 Å². The van der Waals surface area contributed by atoms with Crippen molar-refractivity contribution >= 4 is 28.4 Å². The van der Waals surface area contributed by atoms with E-state index < -0.39 is 0 Å². The number of benzene rings is 1. The number of rotatable bonds is 5. The fraction of sp³-hybridized carbons (Fsp3) is 0.609. The summed E-state index contributed by atoms with van der Waals surface area (Å²) in [5, 5.41) is 1.15. The van der Waals surface area contributed by atoms with Gasteiger partial charge in [-0.1, -0.05) is 37.3 Å². The standard InChI is InChI=1S/C23H31ClN4O2/c1-16(22-25-20-15-18(24)8-9-19(20)23(30)26(22)2)27-11-13-28(14-12-27)21(29)10-7-17-5-3-4-6-17/h8-9,15-17H,3-7,10-14H2,1-2H3. The SMILES string of the molecule is CC(c1nc2cc(Cl)ccc2c(=O)n1C)N1CCN(C(=O)CCC2CCCC2)CC1. The Labute approximate surface area is 182 Å². The minimum Gasteiger partial charge on any atom is -0.340 e. The highest BCUT2D eigenvalue weighted by atomic mass is 35.5. The molecule has 1 aromatic carbocycles. The van der Waals surface area contributed by atoms with Crippen LogP contribution in [0.25, 0.3) is 10.9 Å². The second-order valence-electron chi connectivity index (χ2n) is 8.78. The van der Waals surface area contributed by atoms with Crippen LogP contribution >= 0.6 is 11.6 Å². The van der Waals surface area contributed by atoms with Crippen molar-refractivity contribution in [1.29, 1.82) is 0 Å². The Morgan fingerprint density at radius 2 is 1.90 bits per heavy atom. The molecule has 2 aliphatic rings. The smallest absolute Gasteiger partial charge is 0.261 e. The average Bonchev–Trinajstić information content (AvgIpc) is 3.28. The first kappa shape index (κ1) is 21.3. The van der Waals surface area contributed by atoms with Crippen molar-refractivity contribution in [2.24, 2.45) is 13.0 Å². The summed E-state index contributed by atoms with van der Waals surface area (Å²) >= 11 is 6.11. The number of amides is 1. The van der Waals surface area contributed by atoms with E-state index in [0.29, 0.717) is 28.3 Å². The maximum atomic E-state index is 12.8. The van der Waals surface area contributed by atoms with Gasteiger partial charge in [-0.3, -0.25) is 19.1 Å². The van der Waals surface area contributed by atoms with E-state index in [9.17, 15) is 9.59 Å². The molecule has 7 heteroatoms. The summed E-state index contributed by atoms with van der Waals surface area (Å²) in [6.07, 6.45) is 6.96. The maximum absolute atomic E-state index is 12.8. The van der Waals surface area contributed by atoms with Gasteiger partial charge in [-0.05, 0) is 37.5 Å². The van der Waals surface area contributed by atoms with Gasteiger partial charge in [0.1, 0.15) is 5.82 Å². The van der Waals surface area contributed by atoms with Crippen molar-refractivity contribution in [3.05, 3.63) is 39.4 Å². The van der Waals surface area contributed by atoms with Gasteiger partial charge in [0.25, 0.3) is 5.56 Å². The van der Waals surface area contributed by atoms with Crippen LogP contribution in [-0.2, 0) is 11.8 Å². The molecule has 30 heavy (non-hydrogen) atoms. The van der Waals surface area contributed by atoms with Gasteiger partial charge in [-0.15, -0.1) is 0 Å². The van der Waals surface area contributed by atoms with Crippen molar-refractivity contribution in [2.75, 3.05) is 26.2 Å². The number of fused-ring (bicyclic) bond motifs is 1. The van der Waals surface area contributed by atoms with Gasteiger partial charge >= 0.3 is 0 Å². The van der Waals surface area contributed by atoms with Gasteiger partial charge in [0, 0.05) is 44.7 Å². The second-order valence-corrected chi connectivity index (χ2v) is 9.21. The third-order valence-electron chi connectivity index (χ3n) is 6.90. The second kappa shape index (κ2) is 9.06. The number of hydrogen-bond donors (Lipinski definition) is 0. The summed E-state index contributed by atoms with van der Waals surface area (Å²) in [5.74, 6) is 1.78. The van der Waals surface area contributed by atoms with Crippen molar-refractivity contribution < 1.29 is 4.79 Å². The Morgan fingerprint density at radius 1 is 1.20 bits per heavy atom. The molecule has 1 saturated heterocycles. The molecule has 2 fully saturated rings. The van der Waals surface area contributed by atoms with E-state index in [1.807, 2.05) is 4.90 Å². The molecule has 0 N–H and O–H groups in total. The summed E-state index contributed by atoms with van der Waals surface area (Å²) in [6.45, 7) is 5.14. The normalized spacial score (nSPS) is 19.5. The van der Waals surface area contributed by atoms with Crippen molar-refractivity contribution in [2.45, 2.75) is 51.5 Å². The molecule has 0 bridgehead atoms.